The van der Waals surface area contributed by atoms with Crippen molar-refractivity contribution in [1.29, 1.82) is 0 Å². The van der Waals surface area contributed by atoms with E-state index >= 15 is 0 Å². The first-order valence-corrected chi connectivity index (χ1v) is 7.19. The predicted molar refractivity (Wildman–Crippen MR) is 84.8 cm³/mol. The van der Waals surface area contributed by atoms with E-state index in [0.29, 0.717) is 12.0 Å². The Bertz CT molecular complexity index is 361. The minimum absolute atomic E-state index is 0.488. The molecule has 3 nitrogen and oxygen atoms in total. The van der Waals surface area contributed by atoms with Gasteiger partial charge < -0.3 is 15.5 Å². The summed E-state index contributed by atoms with van der Waals surface area (Å²) in [4.78, 5) is 2.14. The van der Waals surface area contributed by atoms with Crippen molar-refractivity contribution in [3.05, 3.63) is 29.8 Å². The summed E-state index contributed by atoms with van der Waals surface area (Å²) in [5.41, 5.74) is 2.59. The zero-order valence-electron chi connectivity index (χ0n) is 13.0. The molecule has 0 fully saturated rings. The topological polar surface area (TPSA) is 27.3 Å². The number of benzene rings is 1. The second-order valence-corrected chi connectivity index (χ2v) is 5.90. The number of anilines is 1. The minimum Gasteiger partial charge on any atom is -0.378 e. The van der Waals surface area contributed by atoms with E-state index in [2.05, 4.69) is 74.7 Å². The Labute approximate surface area is 118 Å². The van der Waals surface area contributed by atoms with Crippen molar-refractivity contribution in [2.75, 3.05) is 32.1 Å². The maximum absolute atomic E-state index is 3.56. The van der Waals surface area contributed by atoms with Crippen molar-refractivity contribution in [2.24, 2.45) is 5.92 Å². The highest BCUT2D eigenvalue weighted by molar-refractivity contribution is 5.47. The van der Waals surface area contributed by atoms with Crippen LogP contribution in [-0.4, -0.2) is 33.2 Å². The van der Waals surface area contributed by atoms with Crippen molar-refractivity contribution >= 4 is 5.69 Å². The van der Waals surface area contributed by atoms with Gasteiger partial charge in [-0.25, -0.2) is 0 Å². The normalized spacial score (nSPS) is 12.7. The Morgan fingerprint density at radius 2 is 1.84 bits per heavy atom. The molecule has 1 aromatic rings. The molecule has 1 atom stereocenters. The molecular formula is C16H29N3. The number of rotatable bonds is 8. The van der Waals surface area contributed by atoms with Crippen molar-refractivity contribution in [2.45, 2.75) is 33.4 Å². The highest BCUT2D eigenvalue weighted by Gasteiger charge is 2.03. The predicted octanol–water partition coefficient (Wildman–Crippen LogP) is 2.48. The third-order valence-electron chi connectivity index (χ3n) is 3.08. The Balaban J connectivity index is 2.33. The SMILES string of the molecule is CC(C)CNCC(C)NCc1cccc(N(C)C)c1. The molecule has 19 heavy (non-hydrogen) atoms. The summed E-state index contributed by atoms with van der Waals surface area (Å²) in [6, 6.07) is 9.16. The number of hydrogen-bond donors (Lipinski definition) is 2. The van der Waals surface area contributed by atoms with E-state index in [9.17, 15) is 0 Å². The van der Waals surface area contributed by atoms with E-state index in [1.807, 2.05) is 0 Å². The molecule has 0 saturated heterocycles. The van der Waals surface area contributed by atoms with Gasteiger partial charge in [0.1, 0.15) is 0 Å². The quantitative estimate of drug-likeness (QED) is 0.754. The van der Waals surface area contributed by atoms with Crippen molar-refractivity contribution in [1.82, 2.24) is 10.6 Å². The second kappa shape index (κ2) is 8.18. The number of nitrogens with zero attached hydrogens (tertiary/aromatic N) is 1. The summed E-state index contributed by atoms with van der Waals surface area (Å²) in [6.07, 6.45) is 0. The van der Waals surface area contributed by atoms with E-state index < -0.39 is 0 Å². The van der Waals surface area contributed by atoms with Gasteiger partial charge in [-0.1, -0.05) is 26.0 Å². The summed E-state index contributed by atoms with van der Waals surface area (Å²) < 4.78 is 0. The Hall–Kier alpha value is -1.06. The number of hydrogen-bond acceptors (Lipinski definition) is 3. The maximum Gasteiger partial charge on any atom is 0.0364 e. The highest BCUT2D eigenvalue weighted by Crippen LogP contribution is 2.13. The van der Waals surface area contributed by atoms with Crippen LogP contribution in [0.5, 0.6) is 0 Å². The van der Waals surface area contributed by atoms with Crippen LogP contribution in [0.2, 0.25) is 0 Å². The van der Waals surface area contributed by atoms with Crippen molar-refractivity contribution in [3.63, 3.8) is 0 Å². The van der Waals surface area contributed by atoms with Gasteiger partial charge in [0, 0.05) is 38.9 Å². The van der Waals surface area contributed by atoms with Gasteiger partial charge in [-0.2, -0.15) is 0 Å². The lowest BCUT2D eigenvalue weighted by atomic mass is 10.1. The molecular weight excluding hydrogens is 234 g/mol. The molecule has 0 amide bonds. The third-order valence-corrected chi connectivity index (χ3v) is 3.08. The van der Waals surface area contributed by atoms with Crippen molar-refractivity contribution in [3.8, 4) is 0 Å². The van der Waals surface area contributed by atoms with Crippen LogP contribution in [0.15, 0.2) is 24.3 Å². The van der Waals surface area contributed by atoms with Gasteiger partial charge in [0.15, 0.2) is 0 Å². The molecule has 0 aliphatic rings. The molecule has 3 heteroatoms. The van der Waals surface area contributed by atoms with E-state index in [1.54, 1.807) is 0 Å². The maximum atomic E-state index is 3.56. The number of nitrogens with one attached hydrogen (secondary N) is 2. The molecule has 2 N–H and O–H groups in total. The van der Waals surface area contributed by atoms with Crippen LogP contribution in [0.1, 0.15) is 26.3 Å². The molecule has 0 radical (unpaired) electrons. The van der Waals surface area contributed by atoms with Crippen LogP contribution in [0, 0.1) is 5.92 Å². The lowest BCUT2D eigenvalue weighted by molar-refractivity contribution is 0.472. The van der Waals surface area contributed by atoms with E-state index in [4.69, 9.17) is 0 Å². The molecule has 0 aliphatic heterocycles. The van der Waals surface area contributed by atoms with Crippen LogP contribution in [-0.2, 0) is 6.54 Å². The molecule has 0 aliphatic carbocycles. The fraction of sp³-hybridized carbons (Fsp3) is 0.625. The average Bonchev–Trinajstić information content (AvgIpc) is 2.36. The lowest BCUT2D eigenvalue weighted by Gasteiger charge is -2.17. The summed E-state index contributed by atoms with van der Waals surface area (Å²) >= 11 is 0. The summed E-state index contributed by atoms with van der Waals surface area (Å²) in [6.45, 7) is 9.72. The first-order chi connectivity index (χ1) is 8.99. The van der Waals surface area contributed by atoms with Crippen LogP contribution < -0.4 is 15.5 Å². The smallest absolute Gasteiger partial charge is 0.0364 e. The monoisotopic (exact) mass is 263 g/mol. The molecule has 0 spiro atoms. The fourth-order valence-corrected chi connectivity index (χ4v) is 1.90. The molecule has 1 unspecified atom stereocenters. The van der Waals surface area contributed by atoms with E-state index in [0.717, 1.165) is 19.6 Å². The van der Waals surface area contributed by atoms with Crippen LogP contribution in [0.25, 0.3) is 0 Å². The highest BCUT2D eigenvalue weighted by atomic mass is 15.1. The van der Waals surface area contributed by atoms with Crippen LogP contribution in [0.4, 0.5) is 5.69 Å². The summed E-state index contributed by atoms with van der Waals surface area (Å²) in [5.74, 6) is 0.712. The third kappa shape index (κ3) is 6.60. The minimum atomic E-state index is 0.488. The molecule has 1 aromatic carbocycles. The zero-order valence-corrected chi connectivity index (χ0v) is 13.0. The molecule has 0 aromatic heterocycles. The van der Waals surface area contributed by atoms with Gasteiger partial charge in [-0.3, -0.25) is 0 Å². The van der Waals surface area contributed by atoms with Crippen LogP contribution >= 0.6 is 0 Å². The van der Waals surface area contributed by atoms with Gasteiger partial charge in [0.2, 0.25) is 0 Å². The second-order valence-electron chi connectivity index (χ2n) is 5.90. The van der Waals surface area contributed by atoms with Gasteiger partial charge in [0.25, 0.3) is 0 Å². The van der Waals surface area contributed by atoms with E-state index in [1.165, 1.54) is 11.3 Å². The molecule has 0 bridgehead atoms. The van der Waals surface area contributed by atoms with Crippen LogP contribution in [0.3, 0.4) is 0 Å². The van der Waals surface area contributed by atoms with E-state index in [-0.39, 0.29) is 0 Å². The Morgan fingerprint density at radius 1 is 1.11 bits per heavy atom. The van der Waals surface area contributed by atoms with Gasteiger partial charge >= 0.3 is 0 Å². The van der Waals surface area contributed by atoms with Gasteiger partial charge in [-0.05, 0) is 37.1 Å². The fourth-order valence-electron chi connectivity index (χ4n) is 1.90. The first kappa shape index (κ1) is 16.0. The first-order valence-electron chi connectivity index (χ1n) is 7.19. The standard InChI is InChI=1S/C16H29N3/c1-13(2)10-17-11-14(3)18-12-15-7-6-8-16(9-15)19(4)5/h6-9,13-14,17-18H,10-12H2,1-5H3. The summed E-state index contributed by atoms with van der Waals surface area (Å²) in [7, 11) is 4.15. The molecule has 108 valence electrons. The zero-order chi connectivity index (χ0) is 14.3. The van der Waals surface area contributed by atoms with Gasteiger partial charge in [0.05, 0.1) is 0 Å². The molecule has 1 rings (SSSR count). The Morgan fingerprint density at radius 3 is 2.47 bits per heavy atom. The Kier molecular flexibility index (Phi) is 6.89. The molecule has 0 saturated carbocycles. The lowest BCUT2D eigenvalue weighted by Crippen LogP contribution is -2.37. The molecule has 0 heterocycles. The average molecular weight is 263 g/mol. The van der Waals surface area contributed by atoms with Gasteiger partial charge in [-0.15, -0.1) is 0 Å². The summed E-state index contributed by atoms with van der Waals surface area (Å²) in [5, 5.41) is 7.04. The van der Waals surface area contributed by atoms with Crippen molar-refractivity contribution < 1.29 is 0 Å². The largest absolute Gasteiger partial charge is 0.378 e.